The molecule has 0 saturated carbocycles. The molecule has 2 rings (SSSR count). The van der Waals surface area contributed by atoms with Crippen LogP contribution in [0, 0.1) is 0 Å². The van der Waals surface area contributed by atoms with Crippen LogP contribution in [0.5, 0.6) is 0 Å². The van der Waals surface area contributed by atoms with E-state index >= 15 is 0 Å². The highest BCUT2D eigenvalue weighted by Crippen LogP contribution is 2.34. The second-order valence-electron chi connectivity index (χ2n) is 5.42. The van der Waals surface area contributed by atoms with Gasteiger partial charge in [0.2, 0.25) is 5.90 Å². The minimum absolute atomic E-state index is 0.456. The van der Waals surface area contributed by atoms with Crippen molar-refractivity contribution < 1.29 is 4.74 Å². The molecule has 0 fully saturated rings. The molecule has 0 amide bonds. The maximum absolute atomic E-state index is 5.38. The Bertz CT molecular complexity index is 475. The average Bonchev–Trinajstić information content (AvgIpc) is 2.88. The topological polar surface area (TPSA) is 34.0 Å². The Hall–Kier alpha value is -1.64. The van der Waals surface area contributed by atoms with E-state index in [1.807, 2.05) is 0 Å². The van der Waals surface area contributed by atoms with Crippen LogP contribution in [0.3, 0.4) is 0 Å². The van der Waals surface area contributed by atoms with E-state index in [0.29, 0.717) is 24.3 Å². The van der Waals surface area contributed by atoms with Crippen LogP contribution in [0.4, 0.5) is 5.69 Å². The third-order valence-electron chi connectivity index (χ3n) is 3.26. The fourth-order valence-electron chi connectivity index (χ4n) is 2.21. The second kappa shape index (κ2) is 6.00. The molecule has 19 heavy (non-hydrogen) atoms. The van der Waals surface area contributed by atoms with Crippen molar-refractivity contribution in [2.75, 3.05) is 13.2 Å². The van der Waals surface area contributed by atoms with Gasteiger partial charge in [-0.2, -0.15) is 0 Å². The van der Waals surface area contributed by atoms with Gasteiger partial charge in [-0.1, -0.05) is 45.9 Å². The molecule has 0 aromatic heterocycles. The van der Waals surface area contributed by atoms with Crippen LogP contribution >= 0.6 is 0 Å². The summed E-state index contributed by atoms with van der Waals surface area (Å²) in [6.07, 6.45) is 1.75. The van der Waals surface area contributed by atoms with Crippen molar-refractivity contribution in [2.45, 2.75) is 39.5 Å². The Kier molecular flexibility index (Phi) is 4.35. The van der Waals surface area contributed by atoms with Crippen LogP contribution in [0.25, 0.3) is 0 Å². The van der Waals surface area contributed by atoms with E-state index in [1.165, 1.54) is 11.1 Å². The van der Waals surface area contributed by atoms with E-state index in [-0.39, 0.29) is 0 Å². The number of para-hydroxylation sites is 1. The molecular formula is C16H22N2O. The largest absolute Gasteiger partial charge is 0.475 e. The van der Waals surface area contributed by atoms with Gasteiger partial charge in [0, 0.05) is 0 Å². The number of benzene rings is 1. The fraction of sp³-hybridized carbons (Fsp3) is 0.500. The van der Waals surface area contributed by atoms with E-state index in [2.05, 4.69) is 55.9 Å². The minimum Gasteiger partial charge on any atom is -0.475 e. The lowest BCUT2D eigenvalue weighted by Gasteiger charge is -2.16. The minimum atomic E-state index is 0.456. The van der Waals surface area contributed by atoms with Gasteiger partial charge in [0.25, 0.3) is 0 Å². The Morgan fingerprint density at radius 3 is 2.26 bits per heavy atom. The zero-order valence-corrected chi connectivity index (χ0v) is 12.2. The molecule has 102 valence electrons. The van der Waals surface area contributed by atoms with E-state index in [1.54, 1.807) is 6.21 Å². The monoisotopic (exact) mass is 258 g/mol. The highest BCUT2D eigenvalue weighted by Gasteiger charge is 2.13. The van der Waals surface area contributed by atoms with Crippen LogP contribution in [0.15, 0.2) is 28.2 Å². The van der Waals surface area contributed by atoms with Crippen molar-refractivity contribution in [1.82, 2.24) is 0 Å². The molecule has 1 aromatic rings. The molecule has 1 aliphatic heterocycles. The maximum Gasteiger partial charge on any atom is 0.227 e. The number of nitrogens with zero attached hydrogens (tertiary/aromatic N) is 2. The van der Waals surface area contributed by atoms with Gasteiger partial charge in [0.1, 0.15) is 6.61 Å². The van der Waals surface area contributed by atoms with Gasteiger partial charge in [-0.15, -0.1) is 0 Å². The first kappa shape index (κ1) is 13.8. The Morgan fingerprint density at radius 1 is 1.16 bits per heavy atom. The summed E-state index contributed by atoms with van der Waals surface area (Å²) < 4.78 is 5.38. The van der Waals surface area contributed by atoms with Crippen LogP contribution in [0.2, 0.25) is 0 Å². The number of rotatable bonds is 4. The first-order chi connectivity index (χ1) is 9.09. The second-order valence-corrected chi connectivity index (χ2v) is 5.42. The number of hydrogen-bond acceptors (Lipinski definition) is 3. The summed E-state index contributed by atoms with van der Waals surface area (Å²) >= 11 is 0. The summed E-state index contributed by atoms with van der Waals surface area (Å²) in [4.78, 5) is 8.89. The lowest BCUT2D eigenvalue weighted by atomic mass is 9.93. The molecular weight excluding hydrogens is 236 g/mol. The summed E-state index contributed by atoms with van der Waals surface area (Å²) in [7, 11) is 0. The molecule has 3 heteroatoms. The third kappa shape index (κ3) is 3.22. The normalized spacial score (nSPS) is 15.4. The van der Waals surface area contributed by atoms with Gasteiger partial charge >= 0.3 is 0 Å². The predicted octanol–water partition coefficient (Wildman–Crippen LogP) is 4.06. The van der Waals surface area contributed by atoms with Gasteiger partial charge in [-0.3, -0.25) is 4.99 Å². The zero-order valence-electron chi connectivity index (χ0n) is 12.2. The summed E-state index contributed by atoms with van der Waals surface area (Å²) in [5, 5.41) is 0. The van der Waals surface area contributed by atoms with Gasteiger partial charge in [-0.05, 0) is 23.0 Å². The van der Waals surface area contributed by atoms with E-state index in [9.17, 15) is 0 Å². The highest BCUT2D eigenvalue weighted by atomic mass is 16.5. The number of aliphatic imine (C=N–C) groups is 2. The molecule has 0 radical (unpaired) electrons. The van der Waals surface area contributed by atoms with Crippen molar-refractivity contribution in [2.24, 2.45) is 9.98 Å². The summed E-state index contributed by atoms with van der Waals surface area (Å²) in [5.74, 6) is 1.56. The molecule has 1 aromatic carbocycles. The summed E-state index contributed by atoms with van der Waals surface area (Å²) in [6, 6.07) is 6.42. The SMILES string of the molecule is CC(C)c1cccc(C(C)C)c1N=CC1=NCCO1. The maximum atomic E-state index is 5.38. The van der Waals surface area contributed by atoms with Gasteiger partial charge in [0.05, 0.1) is 18.4 Å². The van der Waals surface area contributed by atoms with Crippen molar-refractivity contribution in [3.05, 3.63) is 29.3 Å². The first-order valence-corrected chi connectivity index (χ1v) is 6.93. The molecule has 3 nitrogen and oxygen atoms in total. The number of hydrogen-bond donors (Lipinski definition) is 0. The van der Waals surface area contributed by atoms with Crippen LogP contribution in [-0.2, 0) is 4.74 Å². The Balaban J connectivity index is 2.40. The standard InChI is InChI=1S/C16H22N2O/c1-11(2)13-6-5-7-14(12(3)4)16(13)18-10-15-17-8-9-19-15/h5-7,10-12H,8-9H2,1-4H3. The molecule has 0 N–H and O–H groups in total. The molecule has 1 aliphatic rings. The zero-order chi connectivity index (χ0) is 13.8. The van der Waals surface area contributed by atoms with Gasteiger partial charge < -0.3 is 4.74 Å². The predicted molar refractivity (Wildman–Crippen MR) is 81.0 cm³/mol. The lowest BCUT2D eigenvalue weighted by molar-refractivity contribution is 0.353. The van der Waals surface area contributed by atoms with Crippen molar-refractivity contribution in [1.29, 1.82) is 0 Å². The quantitative estimate of drug-likeness (QED) is 0.750. The Morgan fingerprint density at radius 2 is 1.79 bits per heavy atom. The van der Waals surface area contributed by atoms with Crippen molar-refractivity contribution >= 4 is 17.8 Å². The molecule has 0 aliphatic carbocycles. The third-order valence-corrected chi connectivity index (χ3v) is 3.26. The number of ether oxygens (including phenoxy) is 1. The van der Waals surface area contributed by atoms with E-state index < -0.39 is 0 Å². The molecule has 1 heterocycles. The van der Waals surface area contributed by atoms with E-state index in [4.69, 9.17) is 4.74 Å². The van der Waals surface area contributed by atoms with Crippen LogP contribution in [-0.4, -0.2) is 25.3 Å². The van der Waals surface area contributed by atoms with Crippen LogP contribution < -0.4 is 0 Å². The van der Waals surface area contributed by atoms with Crippen molar-refractivity contribution in [3.8, 4) is 0 Å². The summed E-state index contributed by atoms with van der Waals surface area (Å²) in [5.41, 5.74) is 3.63. The van der Waals surface area contributed by atoms with E-state index in [0.717, 1.165) is 12.2 Å². The molecule has 0 unspecified atom stereocenters. The Labute approximate surface area is 115 Å². The first-order valence-electron chi connectivity index (χ1n) is 6.93. The van der Waals surface area contributed by atoms with Gasteiger partial charge in [-0.25, -0.2) is 4.99 Å². The lowest BCUT2D eigenvalue weighted by Crippen LogP contribution is -2.01. The molecule has 0 atom stereocenters. The van der Waals surface area contributed by atoms with Crippen molar-refractivity contribution in [3.63, 3.8) is 0 Å². The average molecular weight is 258 g/mol. The summed E-state index contributed by atoms with van der Waals surface area (Å²) in [6.45, 7) is 10.2. The molecule has 0 bridgehead atoms. The van der Waals surface area contributed by atoms with Crippen LogP contribution in [0.1, 0.15) is 50.7 Å². The fourth-order valence-corrected chi connectivity index (χ4v) is 2.21. The molecule has 0 saturated heterocycles. The van der Waals surface area contributed by atoms with Gasteiger partial charge in [0.15, 0.2) is 0 Å². The highest BCUT2D eigenvalue weighted by molar-refractivity contribution is 6.27. The molecule has 0 spiro atoms. The smallest absolute Gasteiger partial charge is 0.227 e.